The number of hydrogen-bond donors (Lipinski definition) is 3. The number of nitrogens with zero attached hydrogens (tertiary/aromatic N) is 2. The molecular weight excluding hydrogens is 302 g/mol. The first-order valence-corrected chi connectivity index (χ1v) is 8.09. The average Bonchev–Trinajstić information content (AvgIpc) is 2.82. The van der Waals surface area contributed by atoms with E-state index in [0.717, 1.165) is 19.5 Å². The molecule has 0 bridgehead atoms. The van der Waals surface area contributed by atoms with Gasteiger partial charge in [-0.3, -0.25) is 0 Å². The summed E-state index contributed by atoms with van der Waals surface area (Å²) in [5.74, 6) is 5.77. The van der Waals surface area contributed by atoms with Crippen molar-refractivity contribution in [2.75, 3.05) is 32.1 Å². The van der Waals surface area contributed by atoms with Crippen LogP contribution in [-0.2, 0) is 10.0 Å². The number of anilines is 1. The second-order valence-electron chi connectivity index (χ2n) is 4.91. The molecule has 1 aliphatic heterocycles. The molecule has 0 saturated carbocycles. The van der Waals surface area contributed by atoms with Gasteiger partial charge in [-0.05, 0) is 32.0 Å². The summed E-state index contributed by atoms with van der Waals surface area (Å²) in [6.45, 7) is 2.31. The van der Waals surface area contributed by atoms with E-state index in [1.807, 2.05) is 7.05 Å². The number of hydrogen-bond acceptors (Lipinski definition) is 6. The van der Waals surface area contributed by atoms with Gasteiger partial charge in [-0.15, -0.1) is 0 Å². The maximum Gasteiger partial charge on any atom is 0.242 e. The maximum atomic E-state index is 12.1. The van der Waals surface area contributed by atoms with Crippen LogP contribution < -0.4 is 16.0 Å². The zero-order chi connectivity index (χ0) is 14.8. The fourth-order valence-electron chi connectivity index (χ4n) is 2.18. The molecule has 0 aliphatic carbocycles. The molecule has 1 aliphatic rings. The van der Waals surface area contributed by atoms with Crippen LogP contribution in [0.4, 0.5) is 5.82 Å². The van der Waals surface area contributed by atoms with Crippen LogP contribution in [0.25, 0.3) is 0 Å². The molecule has 2 rings (SSSR count). The Kier molecular flexibility index (Phi) is 4.82. The summed E-state index contributed by atoms with van der Waals surface area (Å²) in [5, 5.41) is 0.163. The number of nitrogen functional groups attached to an aromatic ring is 1. The minimum absolute atomic E-state index is 0.0350. The topological polar surface area (TPSA) is 100 Å². The van der Waals surface area contributed by atoms with Gasteiger partial charge in [0.25, 0.3) is 0 Å². The van der Waals surface area contributed by atoms with Crippen molar-refractivity contribution in [2.45, 2.75) is 11.3 Å². The van der Waals surface area contributed by atoms with Crippen LogP contribution in [0.1, 0.15) is 6.42 Å². The Morgan fingerprint density at radius 1 is 1.60 bits per heavy atom. The Hall–Kier alpha value is -0.930. The SMILES string of the molecule is CN1CCC(CNS(=O)(=O)c2cnc(NN)c(Cl)c2)C1. The summed E-state index contributed by atoms with van der Waals surface area (Å²) < 4.78 is 26.9. The van der Waals surface area contributed by atoms with Crippen LogP contribution in [0.2, 0.25) is 5.02 Å². The smallest absolute Gasteiger partial charge is 0.242 e. The van der Waals surface area contributed by atoms with E-state index >= 15 is 0 Å². The fraction of sp³-hybridized carbons (Fsp3) is 0.545. The first-order valence-electron chi connectivity index (χ1n) is 6.23. The van der Waals surface area contributed by atoms with Crippen molar-refractivity contribution >= 4 is 27.4 Å². The molecule has 1 unspecified atom stereocenters. The summed E-state index contributed by atoms with van der Waals surface area (Å²) in [7, 11) is -1.57. The van der Waals surface area contributed by atoms with Gasteiger partial charge >= 0.3 is 0 Å². The molecule has 0 spiro atoms. The molecule has 7 nitrogen and oxygen atoms in total. The molecule has 2 heterocycles. The van der Waals surface area contributed by atoms with E-state index in [9.17, 15) is 8.42 Å². The van der Waals surface area contributed by atoms with E-state index in [4.69, 9.17) is 17.4 Å². The van der Waals surface area contributed by atoms with Crippen molar-refractivity contribution in [1.82, 2.24) is 14.6 Å². The van der Waals surface area contributed by atoms with Crippen molar-refractivity contribution in [3.8, 4) is 0 Å². The van der Waals surface area contributed by atoms with Crippen molar-refractivity contribution in [3.63, 3.8) is 0 Å². The van der Waals surface area contributed by atoms with Crippen molar-refractivity contribution < 1.29 is 8.42 Å². The molecule has 4 N–H and O–H groups in total. The monoisotopic (exact) mass is 319 g/mol. The van der Waals surface area contributed by atoms with Gasteiger partial charge in [0.1, 0.15) is 4.90 Å². The molecule has 112 valence electrons. The summed E-state index contributed by atoms with van der Waals surface area (Å²) in [4.78, 5) is 6.07. The predicted molar refractivity (Wildman–Crippen MR) is 77.8 cm³/mol. The molecule has 0 radical (unpaired) electrons. The summed E-state index contributed by atoms with van der Waals surface area (Å²) in [6, 6.07) is 1.33. The average molecular weight is 320 g/mol. The van der Waals surface area contributed by atoms with Gasteiger partial charge in [0.05, 0.1) is 5.02 Å². The zero-order valence-electron chi connectivity index (χ0n) is 11.1. The highest BCUT2D eigenvalue weighted by molar-refractivity contribution is 7.89. The van der Waals surface area contributed by atoms with Crippen LogP contribution in [0, 0.1) is 5.92 Å². The number of nitrogens with one attached hydrogen (secondary N) is 2. The molecule has 20 heavy (non-hydrogen) atoms. The Morgan fingerprint density at radius 3 is 2.90 bits per heavy atom. The third kappa shape index (κ3) is 3.58. The number of nitrogens with two attached hydrogens (primary N) is 1. The van der Waals surface area contributed by atoms with Gasteiger partial charge in [-0.1, -0.05) is 11.6 Å². The van der Waals surface area contributed by atoms with Gasteiger partial charge in [0, 0.05) is 19.3 Å². The Bertz CT molecular complexity index is 580. The lowest BCUT2D eigenvalue weighted by atomic mass is 10.1. The van der Waals surface area contributed by atoms with Gasteiger partial charge in [-0.25, -0.2) is 24.0 Å². The summed E-state index contributed by atoms with van der Waals surface area (Å²) >= 11 is 5.88. The zero-order valence-corrected chi connectivity index (χ0v) is 12.7. The van der Waals surface area contributed by atoms with E-state index in [1.165, 1.54) is 12.3 Å². The molecule has 0 amide bonds. The van der Waals surface area contributed by atoms with Crippen LogP contribution in [-0.4, -0.2) is 45.0 Å². The fourth-order valence-corrected chi connectivity index (χ4v) is 3.55. The number of aromatic nitrogens is 1. The number of likely N-dealkylation sites (tertiary alicyclic amines) is 1. The lowest BCUT2D eigenvalue weighted by molar-refractivity contribution is 0.394. The lowest BCUT2D eigenvalue weighted by Crippen LogP contribution is -2.30. The third-order valence-electron chi connectivity index (χ3n) is 3.31. The molecular formula is C11H18ClN5O2S. The van der Waals surface area contributed by atoms with Gasteiger partial charge in [0.2, 0.25) is 10.0 Å². The number of hydrazine groups is 1. The Balaban J connectivity index is 2.04. The molecule has 1 saturated heterocycles. The highest BCUT2D eigenvalue weighted by Gasteiger charge is 2.23. The minimum Gasteiger partial charge on any atom is -0.307 e. The summed E-state index contributed by atoms with van der Waals surface area (Å²) in [6.07, 6.45) is 2.22. The number of halogens is 1. The largest absolute Gasteiger partial charge is 0.307 e. The lowest BCUT2D eigenvalue weighted by Gasteiger charge is -2.12. The highest BCUT2D eigenvalue weighted by Crippen LogP contribution is 2.22. The molecule has 1 aromatic rings. The predicted octanol–water partition coefficient (Wildman–Crippen LogP) is 0.251. The maximum absolute atomic E-state index is 12.1. The van der Waals surface area contributed by atoms with E-state index in [-0.39, 0.29) is 15.7 Å². The van der Waals surface area contributed by atoms with Crippen LogP contribution in [0.15, 0.2) is 17.2 Å². The third-order valence-corrected chi connectivity index (χ3v) is 4.99. The van der Waals surface area contributed by atoms with Crippen molar-refractivity contribution in [1.29, 1.82) is 0 Å². The molecule has 9 heteroatoms. The van der Waals surface area contributed by atoms with E-state index in [1.54, 1.807) is 0 Å². The first-order chi connectivity index (χ1) is 9.42. The van der Waals surface area contributed by atoms with Crippen LogP contribution in [0.5, 0.6) is 0 Å². The minimum atomic E-state index is -3.60. The van der Waals surface area contributed by atoms with E-state index < -0.39 is 10.0 Å². The van der Waals surface area contributed by atoms with Gasteiger partial charge in [0.15, 0.2) is 5.82 Å². The highest BCUT2D eigenvalue weighted by atomic mass is 35.5. The number of pyridine rings is 1. The Morgan fingerprint density at radius 2 is 2.35 bits per heavy atom. The van der Waals surface area contributed by atoms with Crippen LogP contribution >= 0.6 is 11.6 Å². The van der Waals surface area contributed by atoms with Crippen molar-refractivity contribution in [2.24, 2.45) is 11.8 Å². The number of sulfonamides is 1. The quantitative estimate of drug-likeness (QED) is 0.531. The standard InChI is InChI=1S/C11H18ClN5O2S/c1-17-3-2-8(7-17)5-15-20(18,19)9-4-10(12)11(16-13)14-6-9/h4,6,8,15H,2-3,5,7,13H2,1H3,(H,14,16). The second kappa shape index (κ2) is 6.23. The second-order valence-corrected chi connectivity index (χ2v) is 7.09. The molecule has 1 atom stereocenters. The molecule has 0 aromatic carbocycles. The van der Waals surface area contributed by atoms with Crippen molar-refractivity contribution in [3.05, 3.63) is 17.3 Å². The molecule has 1 fully saturated rings. The van der Waals surface area contributed by atoms with Gasteiger partial charge in [-0.2, -0.15) is 0 Å². The normalized spacial score (nSPS) is 20.2. The first kappa shape index (κ1) is 15.5. The number of rotatable bonds is 5. The van der Waals surface area contributed by atoms with E-state index in [2.05, 4.69) is 20.0 Å². The van der Waals surface area contributed by atoms with E-state index in [0.29, 0.717) is 12.5 Å². The Labute approximate surface area is 123 Å². The van der Waals surface area contributed by atoms with Crippen LogP contribution in [0.3, 0.4) is 0 Å². The van der Waals surface area contributed by atoms with Gasteiger partial charge < -0.3 is 10.3 Å². The molecule has 1 aromatic heterocycles. The summed E-state index contributed by atoms with van der Waals surface area (Å²) in [5.41, 5.74) is 2.29.